The van der Waals surface area contributed by atoms with Crippen molar-refractivity contribution in [3.63, 3.8) is 0 Å². The van der Waals surface area contributed by atoms with E-state index in [0.717, 1.165) is 10.4 Å². The van der Waals surface area contributed by atoms with Crippen molar-refractivity contribution in [2.45, 2.75) is 20.0 Å². The molecule has 2 aromatic heterocycles. The predicted octanol–water partition coefficient (Wildman–Crippen LogP) is 3.04. The number of aliphatic hydroxyl groups is 1. The molecular weight excluding hydrogens is 196 g/mol. The highest BCUT2D eigenvalue weighted by atomic mass is 32.1. The van der Waals surface area contributed by atoms with Gasteiger partial charge in [-0.15, -0.1) is 11.3 Å². The number of thiophene rings is 1. The summed E-state index contributed by atoms with van der Waals surface area (Å²) in [6, 6.07) is 5.80. The molecule has 0 saturated heterocycles. The molecule has 0 aliphatic carbocycles. The largest absolute Gasteiger partial charge is 0.466 e. The Balaban J connectivity index is 2.33. The Labute approximate surface area is 86.8 Å². The molecule has 14 heavy (non-hydrogen) atoms. The van der Waals surface area contributed by atoms with Gasteiger partial charge < -0.3 is 9.52 Å². The quantitative estimate of drug-likeness (QED) is 0.823. The molecule has 0 spiro atoms. The molecular formula is C11H12O2S. The predicted molar refractivity (Wildman–Crippen MR) is 56.6 cm³/mol. The number of furan rings is 1. The highest BCUT2D eigenvalue weighted by molar-refractivity contribution is 7.12. The Morgan fingerprint density at radius 1 is 1.29 bits per heavy atom. The molecule has 0 bridgehead atoms. The number of aryl methyl sites for hydroxylation is 2. The first-order valence-corrected chi connectivity index (χ1v) is 5.28. The van der Waals surface area contributed by atoms with Gasteiger partial charge in [-0.1, -0.05) is 0 Å². The van der Waals surface area contributed by atoms with Crippen LogP contribution in [-0.2, 0) is 0 Å². The van der Waals surface area contributed by atoms with Crippen molar-refractivity contribution in [2.24, 2.45) is 0 Å². The molecule has 1 N–H and O–H groups in total. The number of rotatable bonds is 2. The minimum atomic E-state index is -0.622. The lowest BCUT2D eigenvalue weighted by molar-refractivity contribution is 0.192. The second-order valence-corrected chi connectivity index (χ2v) is 4.64. The van der Waals surface area contributed by atoms with E-state index in [-0.39, 0.29) is 0 Å². The van der Waals surface area contributed by atoms with Gasteiger partial charge in [0, 0.05) is 9.75 Å². The lowest BCUT2D eigenvalue weighted by Gasteiger charge is -2.05. The maximum absolute atomic E-state index is 9.99. The van der Waals surface area contributed by atoms with Crippen molar-refractivity contribution in [3.05, 3.63) is 45.5 Å². The van der Waals surface area contributed by atoms with Gasteiger partial charge in [0.25, 0.3) is 0 Å². The van der Waals surface area contributed by atoms with Gasteiger partial charge in [-0.2, -0.15) is 0 Å². The highest BCUT2D eigenvalue weighted by Crippen LogP contribution is 2.30. The fraction of sp³-hybridized carbons (Fsp3) is 0.273. The molecule has 1 atom stereocenters. The molecule has 3 heteroatoms. The lowest BCUT2D eigenvalue weighted by atomic mass is 10.1. The van der Waals surface area contributed by atoms with Gasteiger partial charge in [0.1, 0.15) is 11.9 Å². The Kier molecular flexibility index (Phi) is 2.44. The van der Waals surface area contributed by atoms with E-state index in [2.05, 4.69) is 0 Å². The van der Waals surface area contributed by atoms with Crippen molar-refractivity contribution >= 4 is 11.3 Å². The summed E-state index contributed by atoms with van der Waals surface area (Å²) < 4.78 is 5.25. The second kappa shape index (κ2) is 3.59. The minimum absolute atomic E-state index is 0.622. The number of hydrogen-bond donors (Lipinski definition) is 1. The van der Waals surface area contributed by atoms with Crippen LogP contribution in [0.3, 0.4) is 0 Å². The molecule has 0 radical (unpaired) electrons. The number of hydrogen-bond acceptors (Lipinski definition) is 3. The maximum atomic E-state index is 9.99. The summed E-state index contributed by atoms with van der Waals surface area (Å²) in [5.41, 5.74) is 0.989. The topological polar surface area (TPSA) is 33.4 Å². The normalized spacial score (nSPS) is 13.1. The third-order valence-corrected chi connectivity index (χ3v) is 3.23. The zero-order valence-electron chi connectivity index (χ0n) is 8.15. The van der Waals surface area contributed by atoms with E-state index in [1.54, 1.807) is 17.6 Å². The van der Waals surface area contributed by atoms with Gasteiger partial charge in [0.2, 0.25) is 0 Å². The van der Waals surface area contributed by atoms with Crippen LogP contribution in [0.25, 0.3) is 0 Å². The van der Waals surface area contributed by atoms with Crippen LogP contribution in [0.4, 0.5) is 0 Å². The summed E-state index contributed by atoms with van der Waals surface area (Å²) in [6.07, 6.45) is 0.984. The zero-order chi connectivity index (χ0) is 10.1. The highest BCUT2D eigenvalue weighted by Gasteiger charge is 2.17. The lowest BCUT2D eigenvalue weighted by Crippen LogP contribution is -1.96. The first-order valence-electron chi connectivity index (χ1n) is 4.47. The fourth-order valence-electron chi connectivity index (χ4n) is 1.39. The van der Waals surface area contributed by atoms with Crippen LogP contribution in [0.5, 0.6) is 0 Å². The van der Waals surface area contributed by atoms with Crippen LogP contribution in [0.1, 0.15) is 27.2 Å². The van der Waals surface area contributed by atoms with E-state index in [1.165, 1.54) is 4.88 Å². The molecule has 1 unspecified atom stereocenters. The first kappa shape index (κ1) is 9.49. The van der Waals surface area contributed by atoms with Crippen LogP contribution in [0, 0.1) is 13.8 Å². The molecule has 0 aliphatic rings. The summed E-state index contributed by atoms with van der Waals surface area (Å²) in [4.78, 5) is 2.13. The summed E-state index contributed by atoms with van der Waals surface area (Å²) in [7, 11) is 0. The van der Waals surface area contributed by atoms with Crippen LogP contribution < -0.4 is 0 Å². The smallest absolute Gasteiger partial charge is 0.146 e. The summed E-state index contributed by atoms with van der Waals surface area (Å²) in [5.74, 6) is 0.645. The van der Waals surface area contributed by atoms with Gasteiger partial charge in [-0.05, 0) is 37.6 Å². The summed E-state index contributed by atoms with van der Waals surface area (Å²) in [6.45, 7) is 3.96. The van der Waals surface area contributed by atoms with Crippen LogP contribution >= 0.6 is 11.3 Å². The van der Waals surface area contributed by atoms with Crippen molar-refractivity contribution in [1.82, 2.24) is 0 Å². The number of aliphatic hydroxyl groups excluding tert-OH is 1. The molecule has 0 saturated carbocycles. The standard InChI is InChI=1S/C11H12O2S/c1-7-5-6-13-11(7)10(12)9-4-3-8(2)14-9/h3-6,10,12H,1-2H3. The molecule has 0 aromatic carbocycles. The van der Waals surface area contributed by atoms with Crippen LogP contribution in [-0.4, -0.2) is 5.11 Å². The fourth-order valence-corrected chi connectivity index (χ4v) is 2.26. The van der Waals surface area contributed by atoms with Crippen molar-refractivity contribution in [3.8, 4) is 0 Å². The molecule has 2 rings (SSSR count). The van der Waals surface area contributed by atoms with Crippen molar-refractivity contribution in [2.75, 3.05) is 0 Å². The SMILES string of the molecule is Cc1ccc(C(O)c2occc2C)s1. The molecule has 2 heterocycles. The second-order valence-electron chi connectivity index (χ2n) is 3.32. The Morgan fingerprint density at radius 3 is 2.57 bits per heavy atom. The van der Waals surface area contributed by atoms with E-state index >= 15 is 0 Å². The average Bonchev–Trinajstić information content (AvgIpc) is 2.73. The van der Waals surface area contributed by atoms with Crippen molar-refractivity contribution < 1.29 is 9.52 Å². The maximum Gasteiger partial charge on any atom is 0.146 e. The summed E-state index contributed by atoms with van der Waals surface area (Å²) >= 11 is 1.59. The van der Waals surface area contributed by atoms with Gasteiger partial charge in [0.15, 0.2) is 0 Å². The molecule has 0 aliphatic heterocycles. The van der Waals surface area contributed by atoms with E-state index in [9.17, 15) is 5.11 Å². The van der Waals surface area contributed by atoms with Crippen molar-refractivity contribution in [1.29, 1.82) is 0 Å². The van der Waals surface area contributed by atoms with Gasteiger partial charge >= 0.3 is 0 Å². The molecule has 0 amide bonds. The summed E-state index contributed by atoms with van der Waals surface area (Å²) in [5, 5.41) is 9.99. The minimum Gasteiger partial charge on any atom is -0.466 e. The van der Waals surface area contributed by atoms with Gasteiger partial charge in [-0.25, -0.2) is 0 Å². The molecule has 0 fully saturated rings. The van der Waals surface area contributed by atoms with Crippen LogP contribution in [0.15, 0.2) is 28.9 Å². The van der Waals surface area contributed by atoms with Crippen LogP contribution in [0.2, 0.25) is 0 Å². The van der Waals surface area contributed by atoms with Gasteiger partial charge in [-0.3, -0.25) is 0 Å². The third-order valence-electron chi connectivity index (χ3n) is 2.18. The average molecular weight is 208 g/mol. The first-order chi connectivity index (χ1) is 6.68. The monoisotopic (exact) mass is 208 g/mol. The van der Waals surface area contributed by atoms with E-state index in [4.69, 9.17) is 4.42 Å². The van der Waals surface area contributed by atoms with E-state index in [0.29, 0.717) is 5.76 Å². The molecule has 74 valence electrons. The zero-order valence-corrected chi connectivity index (χ0v) is 8.97. The molecule has 2 nitrogen and oxygen atoms in total. The molecule has 2 aromatic rings. The van der Waals surface area contributed by atoms with E-state index < -0.39 is 6.10 Å². The van der Waals surface area contributed by atoms with E-state index in [1.807, 2.05) is 32.0 Å². The van der Waals surface area contributed by atoms with Gasteiger partial charge in [0.05, 0.1) is 6.26 Å². The third kappa shape index (κ3) is 1.61. The Morgan fingerprint density at radius 2 is 2.07 bits per heavy atom. The Bertz CT molecular complexity index is 428. The Hall–Kier alpha value is -1.06.